The van der Waals surface area contributed by atoms with Crippen LogP contribution in [0.2, 0.25) is 5.02 Å². The van der Waals surface area contributed by atoms with Crippen molar-refractivity contribution in [2.24, 2.45) is 0 Å². The van der Waals surface area contributed by atoms with Crippen molar-refractivity contribution in [2.45, 2.75) is 6.54 Å². The molecule has 0 radical (unpaired) electrons. The van der Waals surface area contributed by atoms with E-state index in [1.807, 2.05) is 12.1 Å². The number of rotatable bonds is 7. The molecule has 8 heteroatoms. The molecule has 6 nitrogen and oxygen atoms in total. The molecule has 0 aliphatic rings. The quantitative estimate of drug-likeness (QED) is 0.721. The van der Waals surface area contributed by atoms with E-state index in [9.17, 15) is 13.2 Å². The molecule has 0 heterocycles. The first-order valence-corrected chi connectivity index (χ1v) is 10.0. The zero-order valence-electron chi connectivity index (χ0n) is 14.8. The lowest BCUT2D eigenvalue weighted by atomic mass is 10.2. The lowest BCUT2D eigenvalue weighted by molar-refractivity contribution is -0.128. The number of hydrogen-bond donors (Lipinski definition) is 0. The van der Waals surface area contributed by atoms with Gasteiger partial charge in [-0.25, -0.2) is 8.42 Å². The third-order valence-corrected chi connectivity index (χ3v) is 5.19. The second kappa shape index (κ2) is 8.42. The minimum Gasteiger partial charge on any atom is -0.497 e. The Morgan fingerprint density at radius 1 is 1.08 bits per heavy atom. The Morgan fingerprint density at radius 2 is 1.65 bits per heavy atom. The van der Waals surface area contributed by atoms with E-state index in [2.05, 4.69) is 0 Å². The summed E-state index contributed by atoms with van der Waals surface area (Å²) in [6.07, 6.45) is 1.07. The first kappa shape index (κ1) is 20.1. The van der Waals surface area contributed by atoms with Crippen molar-refractivity contribution in [1.82, 2.24) is 4.90 Å². The molecule has 0 bridgehead atoms. The predicted octanol–water partition coefficient (Wildman–Crippen LogP) is 2.77. The maximum absolute atomic E-state index is 12.5. The molecular formula is C18H21ClN2O4S. The zero-order chi connectivity index (χ0) is 19.3. The zero-order valence-corrected chi connectivity index (χ0v) is 16.4. The summed E-state index contributed by atoms with van der Waals surface area (Å²) in [5, 5.41) is 0.616. The number of amides is 1. The van der Waals surface area contributed by atoms with Gasteiger partial charge in [0.05, 0.1) is 19.1 Å². The van der Waals surface area contributed by atoms with Gasteiger partial charge in [0.2, 0.25) is 15.9 Å². The Kier molecular flexibility index (Phi) is 6.50. The Morgan fingerprint density at radius 3 is 2.15 bits per heavy atom. The fourth-order valence-corrected chi connectivity index (χ4v) is 3.32. The van der Waals surface area contributed by atoms with Crippen LogP contribution in [-0.2, 0) is 21.4 Å². The van der Waals surface area contributed by atoms with E-state index < -0.39 is 10.0 Å². The minimum absolute atomic E-state index is 0.282. The molecule has 0 aromatic heterocycles. The molecule has 0 fully saturated rings. The van der Waals surface area contributed by atoms with Gasteiger partial charge >= 0.3 is 0 Å². The smallest absolute Gasteiger partial charge is 0.243 e. The van der Waals surface area contributed by atoms with Gasteiger partial charge < -0.3 is 9.64 Å². The summed E-state index contributed by atoms with van der Waals surface area (Å²) in [6.45, 7) is 0.0749. The highest BCUT2D eigenvalue weighted by molar-refractivity contribution is 7.92. The number of carbonyl (C=O) groups is 1. The SMILES string of the molecule is COc1ccc(N(CC(=O)N(C)Cc2ccc(Cl)cc2)S(C)(=O)=O)cc1. The second-order valence-electron chi connectivity index (χ2n) is 5.84. The van der Waals surface area contributed by atoms with Crippen molar-refractivity contribution in [3.05, 3.63) is 59.1 Å². The summed E-state index contributed by atoms with van der Waals surface area (Å²) in [5.74, 6) is 0.287. The third-order valence-electron chi connectivity index (χ3n) is 3.80. The summed E-state index contributed by atoms with van der Waals surface area (Å²) in [5.41, 5.74) is 1.31. The molecule has 0 atom stereocenters. The van der Waals surface area contributed by atoms with Crippen LogP contribution in [-0.4, -0.2) is 46.2 Å². The van der Waals surface area contributed by atoms with E-state index >= 15 is 0 Å². The summed E-state index contributed by atoms with van der Waals surface area (Å²) in [7, 11) is -0.460. The van der Waals surface area contributed by atoms with Crippen LogP contribution < -0.4 is 9.04 Å². The van der Waals surface area contributed by atoms with Gasteiger partial charge in [-0.05, 0) is 42.0 Å². The molecule has 0 unspecified atom stereocenters. The largest absolute Gasteiger partial charge is 0.497 e. The van der Waals surface area contributed by atoms with Crippen LogP contribution in [0.15, 0.2) is 48.5 Å². The second-order valence-corrected chi connectivity index (χ2v) is 8.19. The van der Waals surface area contributed by atoms with Gasteiger partial charge in [-0.15, -0.1) is 0 Å². The standard InChI is InChI=1S/C18H21ClN2O4S/c1-20(12-14-4-6-15(19)7-5-14)18(22)13-21(26(3,23)24)16-8-10-17(25-2)11-9-16/h4-11H,12-13H2,1-3H3. The predicted molar refractivity (Wildman–Crippen MR) is 103 cm³/mol. The highest BCUT2D eigenvalue weighted by atomic mass is 35.5. The third kappa shape index (κ3) is 5.37. The number of hydrogen-bond acceptors (Lipinski definition) is 4. The number of likely N-dealkylation sites (N-methyl/N-ethyl adjacent to an activating group) is 1. The number of methoxy groups -OCH3 is 1. The Bertz CT molecular complexity index is 852. The molecule has 26 heavy (non-hydrogen) atoms. The Balaban J connectivity index is 2.14. The van der Waals surface area contributed by atoms with E-state index in [-0.39, 0.29) is 12.5 Å². The molecule has 1 amide bonds. The summed E-state index contributed by atoms with van der Waals surface area (Å²) in [6, 6.07) is 13.6. The monoisotopic (exact) mass is 396 g/mol. The number of anilines is 1. The summed E-state index contributed by atoms with van der Waals surface area (Å²) >= 11 is 5.86. The van der Waals surface area contributed by atoms with E-state index in [0.717, 1.165) is 16.1 Å². The maximum atomic E-state index is 12.5. The van der Waals surface area contributed by atoms with E-state index in [0.29, 0.717) is 23.0 Å². The van der Waals surface area contributed by atoms with Crippen molar-refractivity contribution < 1.29 is 17.9 Å². The average molecular weight is 397 g/mol. The molecule has 0 aliphatic carbocycles. The maximum Gasteiger partial charge on any atom is 0.243 e. The molecule has 140 valence electrons. The number of halogens is 1. The number of sulfonamides is 1. The van der Waals surface area contributed by atoms with E-state index in [1.54, 1.807) is 43.4 Å². The van der Waals surface area contributed by atoms with Gasteiger partial charge in [-0.1, -0.05) is 23.7 Å². The highest BCUT2D eigenvalue weighted by Gasteiger charge is 2.22. The normalized spacial score (nSPS) is 11.1. The molecule has 2 rings (SSSR count). The van der Waals surface area contributed by atoms with E-state index in [4.69, 9.17) is 16.3 Å². The number of carbonyl (C=O) groups excluding carboxylic acids is 1. The van der Waals surface area contributed by atoms with Crippen molar-refractivity contribution >= 4 is 33.2 Å². The van der Waals surface area contributed by atoms with Gasteiger partial charge in [0.1, 0.15) is 12.3 Å². The summed E-state index contributed by atoms with van der Waals surface area (Å²) in [4.78, 5) is 14.0. The molecular weight excluding hydrogens is 376 g/mol. The Hall–Kier alpha value is -2.25. The summed E-state index contributed by atoms with van der Waals surface area (Å²) < 4.78 is 30.5. The fraction of sp³-hybridized carbons (Fsp3) is 0.278. The lowest BCUT2D eigenvalue weighted by Gasteiger charge is -2.25. The number of nitrogens with zero attached hydrogens (tertiary/aromatic N) is 2. The molecule has 0 spiro atoms. The van der Waals surface area contributed by atoms with Crippen LogP contribution >= 0.6 is 11.6 Å². The fourth-order valence-electron chi connectivity index (χ4n) is 2.34. The van der Waals surface area contributed by atoms with Gasteiger partial charge in [0.15, 0.2) is 0 Å². The van der Waals surface area contributed by atoms with Crippen molar-refractivity contribution in [1.29, 1.82) is 0 Å². The van der Waals surface area contributed by atoms with Gasteiger partial charge in [-0.3, -0.25) is 9.10 Å². The van der Waals surface area contributed by atoms with Gasteiger partial charge in [0, 0.05) is 18.6 Å². The van der Waals surface area contributed by atoms with Crippen LogP contribution in [0.25, 0.3) is 0 Å². The van der Waals surface area contributed by atoms with Gasteiger partial charge in [0.25, 0.3) is 0 Å². The molecule has 0 N–H and O–H groups in total. The van der Waals surface area contributed by atoms with Crippen molar-refractivity contribution in [2.75, 3.05) is 31.3 Å². The lowest BCUT2D eigenvalue weighted by Crippen LogP contribution is -2.41. The Labute approximate surface area is 159 Å². The average Bonchev–Trinajstić information content (AvgIpc) is 2.60. The van der Waals surface area contributed by atoms with E-state index in [1.165, 1.54) is 12.0 Å². The highest BCUT2D eigenvalue weighted by Crippen LogP contribution is 2.21. The first-order valence-electron chi connectivity index (χ1n) is 7.81. The van der Waals surface area contributed by atoms with Crippen molar-refractivity contribution in [3.63, 3.8) is 0 Å². The molecule has 2 aromatic carbocycles. The molecule has 0 saturated heterocycles. The van der Waals surface area contributed by atoms with Crippen LogP contribution in [0.3, 0.4) is 0 Å². The molecule has 0 saturated carbocycles. The van der Waals surface area contributed by atoms with Gasteiger partial charge in [-0.2, -0.15) is 0 Å². The number of ether oxygens (including phenoxy) is 1. The number of benzene rings is 2. The first-order chi connectivity index (χ1) is 12.2. The van der Waals surface area contributed by atoms with Crippen LogP contribution in [0.4, 0.5) is 5.69 Å². The molecule has 0 aliphatic heterocycles. The minimum atomic E-state index is -3.62. The topological polar surface area (TPSA) is 66.9 Å². The molecule has 2 aromatic rings. The van der Waals surface area contributed by atoms with Crippen LogP contribution in [0, 0.1) is 0 Å². The van der Waals surface area contributed by atoms with Crippen LogP contribution in [0.5, 0.6) is 5.75 Å². The van der Waals surface area contributed by atoms with Crippen LogP contribution in [0.1, 0.15) is 5.56 Å². The van der Waals surface area contributed by atoms with Crippen molar-refractivity contribution in [3.8, 4) is 5.75 Å².